The monoisotopic (exact) mass is 351 g/mol. The summed E-state index contributed by atoms with van der Waals surface area (Å²) < 4.78 is 0. The van der Waals surface area contributed by atoms with Crippen LogP contribution in [0.4, 0.5) is 5.95 Å². The van der Waals surface area contributed by atoms with Crippen LogP contribution in [0.3, 0.4) is 0 Å². The fraction of sp³-hybridized carbons (Fsp3) is 0. The number of hydrogen-bond donors (Lipinski definition) is 1. The van der Waals surface area contributed by atoms with Gasteiger partial charge >= 0.3 is 0 Å². The third-order valence-corrected chi connectivity index (χ3v) is 3.91. The summed E-state index contributed by atoms with van der Waals surface area (Å²) in [5.74, 6) is 0.433. The van der Waals surface area contributed by atoms with Crippen LogP contribution in [0.2, 0.25) is 0 Å². The van der Waals surface area contributed by atoms with Gasteiger partial charge in [-0.2, -0.15) is 5.10 Å². The van der Waals surface area contributed by atoms with Crippen molar-refractivity contribution in [3.8, 4) is 22.5 Å². The molecule has 4 rings (SSSR count). The molecule has 0 aliphatic heterocycles. The Balaban J connectivity index is 1.69. The third kappa shape index (κ3) is 4.22. The summed E-state index contributed by atoms with van der Waals surface area (Å²) in [5, 5.41) is 4.22. The first-order valence-corrected chi connectivity index (χ1v) is 8.58. The van der Waals surface area contributed by atoms with Gasteiger partial charge < -0.3 is 0 Å². The molecule has 5 heteroatoms. The van der Waals surface area contributed by atoms with E-state index < -0.39 is 0 Å². The van der Waals surface area contributed by atoms with Crippen LogP contribution in [-0.2, 0) is 0 Å². The summed E-state index contributed by atoms with van der Waals surface area (Å²) in [6.07, 6.45) is 3.36. The number of hydrazone groups is 1. The second-order valence-electron chi connectivity index (χ2n) is 5.82. The molecule has 0 aliphatic carbocycles. The van der Waals surface area contributed by atoms with Crippen molar-refractivity contribution in [2.24, 2.45) is 5.10 Å². The molecule has 2 heterocycles. The summed E-state index contributed by atoms with van der Waals surface area (Å²) in [6.45, 7) is 0. The molecule has 130 valence electrons. The van der Waals surface area contributed by atoms with E-state index in [-0.39, 0.29) is 0 Å². The molecule has 0 spiro atoms. The fourth-order valence-electron chi connectivity index (χ4n) is 2.62. The predicted octanol–water partition coefficient (Wildman–Crippen LogP) is 4.65. The number of pyridine rings is 1. The molecule has 0 bridgehead atoms. The molecule has 0 atom stereocenters. The Morgan fingerprint density at radius 2 is 1.30 bits per heavy atom. The lowest BCUT2D eigenvalue weighted by Gasteiger charge is -2.08. The molecule has 0 aliphatic rings. The molecule has 4 aromatic rings. The van der Waals surface area contributed by atoms with Crippen molar-refractivity contribution in [2.45, 2.75) is 0 Å². The van der Waals surface area contributed by atoms with Crippen molar-refractivity contribution in [2.75, 3.05) is 5.43 Å². The summed E-state index contributed by atoms with van der Waals surface area (Å²) in [5.41, 5.74) is 7.39. The highest BCUT2D eigenvalue weighted by Gasteiger charge is 2.08. The summed E-state index contributed by atoms with van der Waals surface area (Å²) in [4.78, 5) is 13.4. The van der Waals surface area contributed by atoms with E-state index in [4.69, 9.17) is 0 Å². The summed E-state index contributed by atoms with van der Waals surface area (Å²) in [7, 11) is 0. The number of nitrogens with one attached hydrogen (secondary N) is 1. The lowest BCUT2D eigenvalue weighted by molar-refractivity contribution is 1.12. The normalized spacial score (nSPS) is 10.8. The first-order chi connectivity index (χ1) is 13.4. The Morgan fingerprint density at radius 1 is 0.704 bits per heavy atom. The van der Waals surface area contributed by atoms with Gasteiger partial charge in [0, 0.05) is 17.3 Å². The Kier molecular flexibility index (Phi) is 4.93. The van der Waals surface area contributed by atoms with E-state index in [0.717, 1.165) is 28.2 Å². The van der Waals surface area contributed by atoms with Crippen molar-refractivity contribution in [1.29, 1.82) is 0 Å². The van der Waals surface area contributed by atoms with E-state index in [9.17, 15) is 0 Å². The Hall–Kier alpha value is -3.86. The average molecular weight is 351 g/mol. The van der Waals surface area contributed by atoms with Crippen molar-refractivity contribution in [3.63, 3.8) is 0 Å². The quantitative estimate of drug-likeness (QED) is 0.420. The van der Waals surface area contributed by atoms with E-state index >= 15 is 0 Å². The van der Waals surface area contributed by atoms with Crippen LogP contribution in [0.15, 0.2) is 96.2 Å². The molecule has 0 amide bonds. The van der Waals surface area contributed by atoms with Crippen molar-refractivity contribution < 1.29 is 0 Å². The minimum atomic E-state index is 0.433. The number of nitrogens with zero attached hydrogens (tertiary/aromatic N) is 4. The zero-order valence-corrected chi connectivity index (χ0v) is 14.5. The first-order valence-electron chi connectivity index (χ1n) is 8.58. The molecule has 0 unspecified atom stereocenters. The molecule has 27 heavy (non-hydrogen) atoms. The summed E-state index contributed by atoms with van der Waals surface area (Å²) in [6, 6.07) is 27.7. The minimum Gasteiger partial charge on any atom is -0.255 e. The Bertz CT molecular complexity index is 974. The maximum absolute atomic E-state index is 4.60. The Morgan fingerprint density at radius 3 is 1.85 bits per heavy atom. The molecule has 0 saturated heterocycles. The molecule has 0 radical (unpaired) electrons. The maximum atomic E-state index is 4.60. The molecule has 2 aromatic carbocycles. The molecular weight excluding hydrogens is 334 g/mol. The maximum Gasteiger partial charge on any atom is 0.244 e. The lowest BCUT2D eigenvalue weighted by atomic mass is 10.1. The fourth-order valence-corrected chi connectivity index (χ4v) is 2.62. The van der Waals surface area contributed by atoms with Gasteiger partial charge in [-0.3, -0.25) is 4.98 Å². The van der Waals surface area contributed by atoms with Gasteiger partial charge in [0.05, 0.1) is 23.3 Å². The minimum absolute atomic E-state index is 0.433. The second-order valence-corrected chi connectivity index (χ2v) is 5.82. The van der Waals surface area contributed by atoms with Crippen molar-refractivity contribution in [3.05, 3.63) is 96.8 Å². The smallest absolute Gasteiger partial charge is 0.244 e. The number of aromatic nitrogens is 3. The van der Waals surface area contributed by atoms with Gasteiger partial charge in [-0.1, -0.05) is 66.7 Å². The lowest BCUT2D eigenvalue weighted by Crippen LogP contribution is -2.00. The van der Waals surface area contributed by atoms with Gasteiger partial charge in [0.25, 0.3) is 0 Å². The van der Waals surface area contributed by atoms with Crippen LogP contribution in [-0.4, -0.2) is 21.2 Å². The van der Waals surface area contributed by atoms with Crippen LogP contribution >= 0.6 is 0 Å². The van der Waals surface area contributed by atoms with Gasteiger partial charge in [-0.25, -0.2) is 15.4 Å². The van der Waals surface area contributed by atoms with E-state index in [0.29, 0.717) is 5.95 Å². The number of anilines is 1. The molecule has 0 saturated carbocycles. The van der Waals surface area contributed by atoms with Crippen LogP contribution in [0.5, 0.6) is 0 Å². The molecule has 1 N–H and O–H groups in total. The second kappa shape index (κ2) is 8.01. The van der Waals surface area contributed by atoms with Gasteiger partial charge in [-0.15, -0.1) is 0 Å². The van der Waals surface area contributed by atoms with Crippen LogP contribution in [0.25, 0.3) is 22.5 Å². The van der Waals surface area contributed by atoms with Gasteiger partial charge in [0.2, 0.25) is 5.95 Å². The highest BCUT2D eigenvalue weighted by molar-refractivity contribution is 5.77. The largest absolute Gasteiger partial charge is 0.255 e. The van der Waals surface area contributed by atoms with E-state index in [1.165, 1.54) is 0 Å². The predicted molar refractivity (Wildman–Crippen MR) is 108 cm³/mol. The van der Waals surface area contributed by atoms with Crippen LogP contribution < -0.4 is 5.43 Å². The van der Waals surface area contributed by atoms with Crippen molar-refractivity contribution >= 4 is 12.2 Å². The molecule has 5 nitrogen and oxygen atoms in total. The highest BCUT2D eigenvalue weighted by atomic mass is 15.3. The zero-order valence-electron chi connectivity index (χ0n) is 14.5. The molecule has 0 fully saturated rings. The molecular formula is C22H17N5. The van der Waals surface area contributed by atoms with Gasteiger partial charge in [0.1, 0.15) is 0 Å². The number of benzene rings is 2. The first kappa shape index (κ1) is 16.6. The Labute approximate surface area is 157 Å². The zero-order chi connectivity index (χ0) is 18.3. The topological polar surface area (TPSA) is 63.1 Å². The SMILES string of the molecule is C(=N\Nc1nc(-c2ccccc2)cc(-c2ccccc2)n1)/c1ccccn1. The van der Waals surface area contributed by atoms with E-state index in [2.05, 4.69) is 25.5 Å². The standard InChI is InChI=1S/C22H17N5/c1-3-9-17(10-4-1)20-15-21(18-11-5-2-6-12-18)26-22(25-20)27-24-16-19-13-7-8-14-23-19/h1-16H,(H,25,26,27)/b24-16+. The molecule has 2 aromatic heterocycles. The van der Waals surface area contributed by atoms with Gasteiger partial charge in [-0.05, 0) is 18.2 Å². The number of rotatable bonds is 5. The van der Waals surface area contributed by atoms with E-state index in [1.807, 2.05) is 84.9 Å². The van der Waals surface area contributed by atoms with Gasteiger partial charge in [0.15, 0.2) is 0 Å². The van der Waals surface area contributed by atoms with Crippen LogP contribution in [0.1, 0.15) is 5.69 Å². The van der Waals surface area contributed by atoms with Crippen molar-refractivity contribution in [1.82, 2.24) is 15.0 Å². The van der Waals surface area contributed by atoms with E-state index in [1.54, 1.807) is 12.4 Å². The summed E-state index contributed by atoms with van der Waals surface area (Å²) >= 11 is 0. The number of hydrogen-bond acceptors (Lipinski definition) is 5. The highest BCUT2D eigenvalue weighted by Crippen LogP contribution is 2.24. The average Bonchev–Trinajstić information content (AvgIpc) is 2.76. The third-order valence-electron chi connectivity index (χ3n) is 3.91. The van der Waals surface area contributed by atoms with Crippen LogP contribution in [0, 0.1) is 0 Å².